The summed E-state index contributed by atoms with van der Waals surface area (Å²) in [5.74, 6) is 0.174. The Labute approximate surface area is 74.6 Å². The fraction of sp³-hybridized carbons (Fsp3) is 0. The Balaban J connectivity index is 3.11. The van der Waals surface area contributed by atoms with Crippen molar-refractivity contribution < 1.29 is 14.2 Å². The zero-order valence-electron chi connectivity index (χ0n) is 5.99. The number of carbonyl (C=O) groups is 1. The topological polar surface area (TPSA) is 43.4 Å². The molecule has 0 aliphatic heterocycles. The summed E-state index contributed by atoms with van der Waals surface area (Å²) in [4.78, 5) is 10.4. The van der Waals surface area contributed by atoms with Crippen molar-refractivity contribution in [3.63, 3.8) is 0 Å². The number of carbonyl (C=O) groups excluding carboxylic acids is 1. The van der Waals surface area contributed by atoms with Crippen LogP contribution < -0.4 is 4.65 Å². The van der Waals surface area contributed by atoms with Crippen LogP contribution in [0.25, 0.3) is 0 Å². The minimum absolute atomic E-state index is 0.174. The van der Waals surface area contributed by atoms with Gasteiger partial charge in [-0.1, -0.05) is 0 Å². The van der Waals surface area contributed by atoms with Crippen LogP contribution in [-0.4, -0.2) is 13.6 Å². The van der Waals surface area contributed by atoms with E-state index in [-0.39, 0.29) is 13.1 Å². The van der Waals surface area contributed by atoms with Gasteiger partial charge >= 0.3 is 73.9 Å². The van der Waals surface area contributed by atoms with Gasteiger partial charge in [-0.05, 0) is 0 Å². The van der Waals surface area contributed by atoms with E-state index in [1.165, 1.54) is 12.1 Å². The minimum atomic E-state index is 0.174. The molecule has 0 fully saturated rings. The third-order valence-corrected chi connectivity index (χ3v) is 1.51. The van der Waals surface area contributed by atoms with E-state index in [1.54, 1.807) is 6.07 Å². The number of halogens is 1. The molecule has 0 bridgehead atoms. The van der Waals surface area contributed by atoms with Crippen LogP contribution in [0.3, 0.4) is 0 Å². The third kappa shape index (κ3) is 1.92. The van der Waals surface area contributed by atoms with Gasteiger partial charge in [-0.3, -0.25) is 0 Å². The molecule has 1 rings (SSSR count). The van der Waals surface area contributed by atoms with Crippen molar-refractivity contribution in [1.82, 2.24) is 0 Å². The number of hydrogen-bond donors (Lipinski definition) is 0. The molecule has 0 aliphatic rings. The second kappa shape index (κ2) is 4.02. The van der Waals surface area contributed by atoms with E-state index < -0.39 is 0 Å². The molecule has 1 aromatic rings. The van der Waals surface area contributed by atoms with Gasteiger partial charge in [-0.15, -0.1) is 0 Å². The predicted octanol–water partition coefficient (Wildman–Crippen LogP) is 1.50. The average Bonchev–Trinajstić information content (AvgIpc) is 2.05. The van der Waals surface area contributed by atoms with E-state index in [2.05, 4.69) is 4.65 Å². The van der Waals surface area contributed by atoms with Gasteiger partial charge in [0.25, 0.3) is 0 Å². The number of benzene rings is 1. The Bertz CT molecular complexity index is 314. The standard InChI is InChI=1S/C7H4BClO3/c9-6-2-1-5(4-10)7(3-6)12-8-11/h1-4H. The summed E-state index contributed by atoms with van der Waals surface area (Å²) in [6, 6.07) is 4.43. The molecule has 12 heavy (non-hydrogen) atoms. The molecule has 5 heteroatoms. The maximum atomic E-state index is 10.4. The van der Waals surface area contributed by atoms with Crippen molar-refractivity contribution in [2.75, 3.05) is 0 Å². The first kappa shape index (κ1) is 8.94. The first-order valence-electron chi connectivity index (χ1n) is 3.13. The Morgan fingerprint density at radius 2 is 2.25 bits per heavy atom. The molecule has 0 unspecified atom stereocenters. The van der Waals surface area contributed by atoms with Crippen molar-refractivity contribution in [3.05, 3.63) is 28.8 Å². The van der Waals surface area contributed by atoms with Gasteiger partial charge in [0.15, 0.2) is 0 Å². The molecule has 0 aliphatic carbocycles. The van der Waals surface area contributed by atoms with E-state index >= 15 is 0 Å². The Morgan fingerprint density at radius 1 is 1.50 bits per heavy atom. The molecule has 0 spiro atoms. The first-order valence-corrected chi connectivity index (χ1v) is 3.50. The molecule has 0 aromatic heterocycles. The number of rotatable bonds is 3. The van der Waals surface area contributed by atoms with Crippen molar-refractivity contribution in [1.29, 1.82) is 0 Å². The van der Waals surface area contributed by atoms with E-state index in [4.69, 9.17) is 11.6 Å². The Kier molecular flexibility index (Phi) is 2.99. The zero-order valence-corrected chi connectivity index (χ0v) is 6.75. The quantitative estimate of drug-likeness (QED) is 0.525. The summed E-state index contributed by atoms with van der Waals surface area (Å²) in [5, 5.41) is 0.414. The molecule has 0 atom stereocenters. The summed E-state index contributed by atoms with van der Waals surface area (Å²) in [6.07, 6.45) is 0.592. The van der Waals surface area contributed by atoms with Gasteiger partial charge in [-0.25, -0.2) is 0 Å². The van der Waals surface area contributed by atoms with Crippen molar-refractivity contribution in [2.45, 2.75) is 0 Å². The van der Waals surface area contributed by atoms with Gasteiger partial charge in [0.05, 0.1) is 0 Å². The van der Waals surface area contributed by atoms with Gasteiger partial charge in [-0.2, -0.15) is 0 Å². The number of hydrogen-bond acceptors (Lipinski definition) is 3. The van der Waals surface area contributed by atoms with Gasteiger partial charge in [0.1, 0.15) is 0 Å². The molecule has 0 radical (unpaired) electrons. The van der Waals surface area contributed by atoms with Gasteiger partial charge in [0.2, 0.25) is 0 Å². The van der Waals surface area contributed by atoms with Crippen molar-refractivity contribution in [2.24, 2.45) is 0 Å². The molecule has 0 amide bonds. The van der Waals surface area contributed by atoms with E-state index in [0.717, 1.165) is 0 Å². The molecule has 60 valence electrons. The second-order valence-corrected chi connectivity index (χ2v) is 2.45. The third-order valence-electron chi connectivity index (χ3n) is 1.28. The summed E-state index contributed by atoms with van der Waals surface area (Å²) < 4.78 is 14.5. The number of aldehydes is 1. The van der Waals surface area contributed by atoms with Crippen LogP contribution in [-0.2, 0) is 4.70 Å². The summed E-state index contributed by atoms with van der Waals surface area (Å²) in [6.45, 7) is 0. The average molecular weight is 182 g/mol. The SMILES string of the molecule is O=BOc1cc(Cl)ccc1C=O. The molecule has 3 nitrogen and oxygen atoms in total. The summed E-state index contributed by atoms with van der Waals surface area (Å²) in [5.41, 5.74) is 0.298. The van der Waals surface area contributed by atoms with Crippen LogP contribution in [0.5, 0.6) is 5.75 Å². The van der Waals surface area contributed by atoms with E-state index in [9.17, 15) is 9.50 Å². The van der Waals surface area contributed by atoms with E-state index in [1.807, 2.05) is 0 Å². The van der Waals surface area contributed by atoms with Crippen LogP contribution in [0.1, 0.15) is 10.4 Å². The van der Waals surface area contributed by atoms with Crippen molar-refractivity contribution in [3.8, 4) is 5.75 Å². The molecule has 0 saturated heterocycles. The fourth-order valence-corrected chi connectivity index (χ4v) is 0.922. The van der Waals surface area contributed by atoms with Crippen molar-refractivity contribution >= 4 is 25.2 Å². The zero-order chi connectivity index (χ0) is 8.97. The molecule has 0 heterocycles. The first-order chi connectivity index (χ1) is 5.77. The van der Waals surface area contributed by atoms with Crippen LogP contribution in [0.4, 0.5) is 0 Å². The summed E-state index contributed by atoms with van der Waals surface area (Å²) in [7, 11) is 0.249. The molecule has 0 saturated carbocycles. The molecule has 0 N–H and O–H groups in total. The normalized spacial score (nSPS) is 8.75. The Morgan fingerprint density at radius 3 is 2.83 bits per heavy atom. The van der Waals surface area contributed by atoms with Gasteiger partial charge in [0, 0.05) is 0 Å². The molecular formula is C7H4BClO3. The van der Waals surface area contributed by atoms with Gasteiger partial charge < -0.3 is 0 Å². The fourth-order valence-electron chi connectivity index (χ4n) is 0.759. The van der Waals surface area contributed by atoms with Crippen LogP contribution >= 0.6 is 11.6 Å². The second-order valence-electron chi connectivity index (χ2n) is 2.01. The summed E-state index contributed by atoms with van der Waals surface area (Å²) >= 11 is 5.60. The molecule has 1 aromatic carbocycles. The maximum absolute atomic E-state index is 10.4. The monoisotopic (exact) mass is 182 g/mol. The van der Waals surface area contributed by atoms with Crippen LogP contribution in [0.15, 0.2) is 18.2 Å². The molecular weight excluding hydrogens is 178 g/mol. The van der Waals surface area contributed by atoms with E-state index in [0.29, 0.717) is 16.9 Å². The predicted molar refractivity (Wildman–Crippen MR) is 43.9 cm³/mol. The van der Waals surface area contributed by atoms with Crippen LogP contribution in [0, 0.1) is 0 Å². The van der Waals surface area contributed by atoms with Crippen LogP contribution in [0.2, 0.25) is 5.02 Å². The Hall–Kier alpha value is -1.16.